The molecule has 1 aliphatic rings. The highest BCUT2D eigenvalue weighted by molar-refractivity contribution is 5.76. The first-order valence-corrected chi connectivity index (χ1v) is 8.92. The Balaban J connectivity index is 2.06. The third-order valence-corrected chi connectivity index (χ3v) is 4.61. The lowest BCUT2D eigenvalue weighted by Crippen LogP contribution is -2.46. The van der Waals surface area contributed by atoms with Crippen molar-refractivity contribution < 1.29 is 19.1 Å². The van der Waals surface area contributed by atoms with Crippen LogP contribution >= 0.6 is 0 Å². The lowest BCUT2D eigenvalue weighted by molar-refractivity contribution is -0.148. The van der Waals surface area contributed by atoms with E-state index in [0.29, 0.717) is 19.8 Å². The molecule has 2 heterocycles. The van der Waals surface area contributed by atoms with E-state index in [9.17, 15) is 9.59 Å². The number of ether oxygens (including phenoxy) is 2. The Kier molecular flexibility index (Phi) is 5.42. The molecule has 138 valence electrons. The molecule has 6 heteroatoms. The van der Waals surface area contributed by atoms with Crippen LogP contribution in [0.2, 0.25) is 0 Å². The number of nitrogens with zero attached hydrogens (tertiary/aromatic N) is 1. The SMILES string of the molecule is CCOC(=O)CC1(CC(=O)OCC)NCc2ccccc2-n2cccc21. The van der Waals surface area contributed by atoms with Crippen LogP contribution in [-0.4, -0.2) is 29.7 Å². The molecule has 26 heavy (non-hydrogen) atoms. The summed E-state index contributed by atoms with van der Waals surface area (Å²) in [5.74, 6) is -0.689. The number of benzene rings is 1. The van der Waals surface area contributed by atoms with Gasteiger partial charge in [-0.1, -0.05) is 18.2 Å². The molecule has 6 nitrogen and oxygen atoms in total. The maximum Gasteiger partial charge on any atom is 0.308 e. The molecule has 1 aromatic carbocycles. The molecular weight excluding hydrogens is 332 g/mol. The minimum Gasteiger partial charge on any atom is -0.466 e. The van der Waals surface area contributed by atoms with E-state index in [4.69, 9.17) is 9.47 Å². The number of esters is 2. The highest BCUT2D eigenvalue weighted by Gasteiger charge is 2.41. The summed E-state index contributed by atoms with van der Waals surface area (Å²) in [7, 11) is 0. The molecule has 0 amide bonds. The second-order valence-electron chi connectivity index (χ2n) is 6.29. The first-order valence-electron chi connectivity index (χ1n) is 8.92. The Labute approximate surface area is 153 Å². The average molecular weight is 356 g/mol. The lowest BCUT2D eigenvalue weighted by atomic mass is 9.87. The van der Waals surface area contributed by atoms with Gasteiger partial charge in [-0.05, 0) is 37.6 Å². The second kappa shape index (κ2) is 7.74. The molecule has 0 aliphatic carbocycles. The highest BCUT2D eigenvalue weighted by Crippen LogP contribution is 2.36. The molecule has 0 spiro atoms. The smallest absolute Gasteiger partial charge is 0.308 e. The Morgan fingerprint density at radius 1 is 1.04 bits per heavy atom. The number of aromatic nitrogens is 1. The zero-order valence-corrected chi connectivity index (χ0v) is 15.2. The molecule has 2 aromatic rings. The van der Waals surface area contributed by atoms with Gasteiger partial charge in [0.15, 0.2) is 0 Å². The zero-order valence-electron chi connectivity index (χ0n) is 15.2. The largest absolute Gasteiger partial charge is 0.466 e. The van der Waals surface area contributed by atoms with Gasteiger partial charge in [0.2, 0.25) is 0 Å². The number of nitrogens with one attached hydrogen (secondary N) is 1. The number of fused-ring (bicyclic) bond motifs is 3. The van der Waals surface area contributed by atoms with Crippen LogP contribution in [0, 0.1) is 0 Å². The van der Waals surface area contributed by atoms with Crippen LogP contribution in [0.25, 0.3) is 5.69 Å². The molecule has 0 saturated carbocycles. The number of carbonyl (C=O) groups excluding carboxylic acids is 2. The number of hydrogen-bond acceptors (Lipinski definition) is 5. The number of hydrogen-bond donors (Lipinski definition) is 1. The predicted octanol–water partition coefficient (Wildman–Crippen LogP) is 2.68. The molecule has 1 aromatic heterocycles. The second-order valence-corrected chi connectivity index (χ2v) is 6.29. The molecular formula is C20H24N2O4. The highest BCUT2D eigenvalue weighted by atomic mass is 16.5. The standard InChI is InChI=1S/C20H24N2O4/c1-3-25-18(23)12-20(13-19(24)26-4-2)17-10-7-11-22(17)16-9-6-5-8-15(16)14-21-20/h5-11,21H,3-4,12-14H2,1-2H3. The topological polar surface area (TPSA) is 69.6 Å². The van der Waals surface area contributed by atoms with Gasteiger partial charge in [-0.25, -0.2) is 0 Å². The number of para-hydroxylation sites is 1. The van der Waals surface area contributed by atoms with Crippen LogP contribution in [0.5, 0.6) is 0 Å². The van der Waals surface area contributed by atoms with Gasteiger partial charge in [0.1, 0.15) is 0 Å². The summed E-state index contributed by atoms with van der Waals surface area (Å²) in [6.07, 6.45) is 2.06. The van der Waals surface area contributed by atoms with Crippen LogP contribution in [0.4, 0.5) is 0 Å². The van der Waals surface area contributed by atoms with Crippen LogP contribution in [0.3, 0.4) is 0 Å². The van der Waals surface area contributed by atoms with Crippen molar-refractivity contribution >= 4 is 11.9 Å². The first-order chi connectivity index (χ1) is 12.6. The van der Waals surface area contributed by atoms with E-state index < -0.39 is 5.54 Å². The van der Waals surface area contributed by atoms with E-state index in [1.54, 1.807) is 13.8 Å². The molecule has 1 aliphatic heterocycles. The summed E-state index contributed by atoms with van der Waals surface area (Å²) in [5, 5.41) is 3.45. The fourth-order valence-corrected chi connectivity index (χ4v) is 3.52. The Morgan fingerprint density at radius 2 is 1.69 bits per heavy atom. The maximum atomic E-state index is 12.3. The van der Waals surface area contributed by atoms with Crippen molar-refractivity contribution in [1.82, 2.24) is 9.88 Å². The van der Waals surface area contributed by atoms with E-state index in [-0.39, 0.29) is 24.8 Å². The van der Waals surface area contributed by atoms with Crippen molar-refractivity contribution in [3.8, 4) is 5.69 Å². The van der Waals surface area contributed by atoms with Gasteiger partial charge >= 0.3 is 11.9 Å². The maximum absolute atomic E-state index is 12.3. The molecule has 0 radical (unpaired) electrons. The fourth-order valence-electron chi connectivity index (χ4n) is 3.52. The summed E-state index contributed by atoms with van der Waals surface area (Å²) in [5.41, 5.74) is 2.10. The molecule has 3 rings (SSSR count). The predicted molar refractivity (Wildman–Crippen MR) is 96.8 cm³/mol. The summed E-state index contributed by atoms with van der Waals surface area (Å²) in [6.45, 7) is 4.69. The zero-order chi connectivity index (χ0) is 18.6. The van der Waals surface area contributed by atoms with E-state index in [1.807, 2.05) is 47.2 Å². The Morgan fingerprint density at radius 3 is 2.35 bits per heavy atom. The van der Waals surface area contributed by atoms with Crippen molar-refractivity contribution in [2.24, 2.45) is 0 Å². The van der Waals surface area contributed by atoms with Gasteiger partial charge in [0, 0.05) is 24.1 Å². The molecule has 0 saturated heterocycles. The number of rotatable bonds is 6. The summed E-state index contributed by atoms with van der Waals surface area (Å²) < 4.78 is 12.4. The summed E-state index contributed by atoms with van der Waals surface area (Å²) >= 11 is 0. The molecule has 0 fully saturated rings. The minimum atomic E-state index is -0.888. The quantitative estimate of drug-likeness (QED) is 0.806. The summed E-state index contributed by atoms with van der Waals surface area (Å²) in [6, 6.07) is 11.9. The Bertz CT molecular complexity index is 777. The third kappa shape index (κ3) is 3.51. The van der Waals surface area contributed by atoms with Crippen molar-refractivity contribution in [2.75, 3.05) is 13.2 Å². The van der Waals surface area contributed by atoms with E-state index in [0.717, 1.165) is 16.9 Å². The van der Waals surface area contributed by atoms with Gasteiger partial charge < -0.3 is 19.4 Å². The van der Waals surface area contributed by atoms with E-state index in [2.05, 4.69) is 5.32 Å². The molecule has 0 unspecified atom stereocenters. The van der Waals surface area contributed by atoms with E-state index >= 15 is 0 Å². The van der Waals surface area contributed by atoms with Crippen LogP contribution in [-0.2, 0) is 31.1 Å². The van der Waals surface area contributed by atoms with Crippen LogP contribution in [0.15, 0.2) is 42.6 Å². The van der Waals surface area contributed by atoms with Gasteiger partial charge in [0.05, 0.1) is 31.6 Å². The lowest BCUT2D eigenvalue weighted by Gasteiger charge is -2.32. The van der Waals surface area contributed by atoms with Gasteiger partial charge in [-0.2, -0.15) is 0 Å². The molecule has 0 atom stereocenters. The first kappa shape index (κ1) is 18.2. The van der Waals surface area contributed by atoms with Gasteiger partial charge in [-0.15, -0.1) is 0 Å². The van der Waals surface area contributed by atoms with Crippen molar-refractivity contribution in [2.45, 2.75) is 38.8 Å². The monoisotopic (exact) mass is 356 g/mol. The van der Waals surface area contributed by atoms with Crippen LogP contribution in [0.1, 0.15) is 37.9 Å². The third-order valence-electron chi connectivity index (χ3n) is 4.61. The Hall–Kier alpha value is -2.60. The van der Waals surface area contributed by atoms with Crippen molar-refractivity contribution in [1.29, 1.82) is 0 Å². The molecule has 1 N–H and O–H groups in total. The normalized spacial score (nSPS) is 14.7. The van der Waals surface area contributed by atoms with Crippen LogP contribution < -0.4 is 5.32 Å². The summed E-state index contributed by atoms with van der Waals surface area (Å²) in [4.78, 5) is 24.7. The van der Waals surface area contributed by atoms with Gasteiger partial charge in [0.25, 0.3) is 0 Å². The number of carbonyl (C=O) groups is 2. The fraction of sp³-hybridized carbons (Fsp3) is 0.400. The van der Waals surface area contributed by atoms with Crippen molar-refractivity contribution in [3.63, 3.8) is 0 Å². The van der Waals surface area contributed by atoms with Crippen molar-refractivity contribution in [3.05, 3.63) is 53.9 Å². The molecule has 0 bridgehead atoms. The minimum absolute atomic E-state index is 0.0532. The van der Waals surface area contributed by atoms with Gasteiger partial charge in [-0.3, -0.25) is 9.59 Å². The average Bonchev–Trinajstić information content (AvgIpc) is 3.06. The van der Waals surface area contributed by atoms with E-state index in [1.165, 1.54) is 0 Å².